The number of nitrogens with two attached hydrogens (primary N) is 1. The van der Waals surface area contributed by atoms with Gasteiger partial charge in [-0.25, -0.2) is 0 Å². The number of piperidine rings is 1. The molecular formula is C18H26N2O. The van der Waals surface area contributed by atoms with Crippen LogP contribution in [0.1, 0.15) is 45.1 Å². The van der Waals surface area contributed by atoms with Crippen molar-refractivity contribution in [2.75, 3.05) is 13.1 Å². The van der Waals surface area contributed by atoms with Crippen molar-refractivity contribution in [3.8, 4) is 0 Å². The second-order valence-electron chi connectivity index (χ2n) is 7.41. The Bertz CT molecular complexity index is 519. The van der Waals surface area contributed by atoms with Crippen molar-refractivity contribution in [3.63, 3.8) is 0 Å². The molecule has 3 nitrogen and oxygen atoms in total. The third-order valence-electron chi connectivity index (χ3n) is 5.54. The molecule has 0 bridgehead atoms. The average molecular weight is 286 g/mol. The molecule has 1 aliphatic carbocycles. The Morgan fingerprint density at radius 2 is 1.90 bits per heavy atom. The lowest BCUT2D eigenvalue weighted by Gasteiger charge is -2.49. The molecule has 21 heavy (non-hydrogen) atoms. The summed E-state index contributed by atoms with van der Waals surface area (Å²) in [5.74, 6) is 0.319. The normalized spacial score (nSPS) is 27.0. The average Bonchev–Trinajstić information content (AvgIpc) is 2.42. The maximum Gasteiger partial charge on any atom is 0.233 e. The zero-order chi connectivity index (χ0) is 15.1. The van der Waals surface area contributed by atoms with Crippen LogP contribution in [0.4, 0.5) is 0 Å². The van der Waals surface area contributed by atoms with Gasteiger partial charge in [0.1, 0.15) is 0 Å². The van der Waals surface area contributed by atoms with Crippen LogP contribution < -0.4 is 5.73 Å². The van der Waals surface area contributed by atoms with E-state index in [2.05, 4.69) is 30.9 Å². The fraction of sp³-hybridized carbons (Fsp3) is 0.611. The third-order valence-corrected chi connectivity index (χ3v) is 5.54. The summed E-state index contributed by atoms with van der Waals surface area (Å²) >= 11 is 0. The largest absolute Gasteiger partial charge is 0.341 e. The van der Waals surface area contributed by atoms with Crippen LogP contribution in [0.25, 0.3) is 0 Å². The highest BCUT2D eigenvalue weighted by molar-refractivity contribution is 5.89. The van der Waals surface area contributed by atoms with Crippen LogP contribution in [0.15, 0.2) is 30.3 Å². The third kappa shape index (κ3) is 2.38. The van der Waals surface area contributed by atoms with Crippen molar-refractivity contribution in [2.45, 2.75) is 51.0 Å². The molecule has 1 unspecified atom stereocenters. The topological polar surface area (TPSA) is 46.3 Å². The van der Waals surface area contributed by atoms with Gasteiger partial charge in [-0.15, -0.1) is 0 Å². The summed E-state index contributed by atoms with van der Waals surface area (Å²) in [5, 5.41) is 0. The predicted octanol–water partition coefficient (Wildman–Crippen LogP) is 2.69. The Hall–Kier alpha value is -1.35. The first-order valence-corrected chi connectivity index (χ1v) is 8.06. The molecule has 2 fully saturated rings. The predicted molar refractivity (Wildman–Crippen MR) is 84.9 cm³/mol. The van der Waals surface area contributed by atoms with Crippen LogP contribution in [-0.4, -0.2) is 29.9 Å². The number of carbonyl (C=O) groups excluding carboxylic acids is 1. The standard InChI is InChI=1S/C18H26N2O/c1-17(2)13-20(12-9-15(17)19)16(21)18(10-6-11-18)14-7-4-3-5-8-14/h3-5,7-8,15H,6,9-13,19H2,1-2H3. The van der Waals surface area contributed by atoms with Crippen LogP contribution in [0.2, 0.25) is 0 Å². The van der Waals surface area contributed by atoms with Crippen molar-refractivity contribution in [1.29, 1.82) is 0 Å². The fourth-order valence-corrected chi connectivity index (χ4v) is 3.76. The van der Waals surface area contributed by atoms with Gasteiger partial charge in [-0.3, -0.25) is 4.79 Å². The number of nitrogens with zero attached hydrogens (tertiary/aromatic N) is 1. The lowest BCUT2D eigenvalue weighted by atomic mass is 9.63. The Kier molecular flexibility index (Phi) is 3.56. The highest BCUT2D eigenvalue weighted by Gasteiger charge is 2.49. The Morgan fingerprint density at radius 3 is 2.43 bits per heavy atom. The number of hydrogen-bond donors (Lipinski definition) is 1. The van der Waals surface area contributed by atoms with Crippen molar-refractivity contribution in [1.82, 2.24) is 4.90 Å². The summed E-state index contributed by atoms with van der Waals surface area (Å²) in [7, 11) is 0. The molecule has 114 valence electrons. The quantitative estimate of drug-likeness (QED) is 0.908. The molecule has 3 rings (SSSR count). The fourth-order valence-electron chi connectivity index (χ4n) is 3.76. The number of carbonyl (C=O) groups is 1. The highest BCUT2D eigenvalue weighted by Crippen LogP contribution is 2.46. The Morgan fingerprint density at radius 1 is 1.24 bits per heavy atom. The lowest BCUT2D eigenvalue weighted by molar-refractivity contribution is -0.144. The first-order chi connectivity index (χ1) is 9.96. The van der Waals surface area contributed by atoms with E-state index in [0.29, 0.717) is 5.91 Å². The molecule has 1 aromatic carbocycles. The summed E-state index contributed by atoms with van der Waals surface area (Å²) in [4.78, 5) is 15.2. The van der Waals surface area contributed by atoms with E-state index < -0.39 is 0 Å². The van der Waals surface area contributed by atoms with Crippen LogP contribution in [0, 0.1) is 5.41 Å². The number of hydrogen-bond acceptors (Lipinski definition) is 2. The maximum atomic E-state index is 13.2. The van der Waals surface area contributed by atoms with E-state index in [1.807, 2.05) is 18.2 Å². The van der Waals surface area contributed by atoms with Gasteiger partial charge in [-0.2, -0.15) is 0 Å². The van der Waals surface area contributed by atoms with Gasteiger partial charge in [-0.05, 0) is 30.2 Å². The van der Waals surface area contributed by atoms with Crippen molar-refractivity contribution >= 4 is 5.91 Å². The molecule has 1 saturated heterocycles. The molecule has 1 amide bonds. The van der Waals surface area contributed by atoms with E-state index in [9.17, 15) is 4.79 Å². The van der Waals surface area contributed by atoms with E-state index in [-0.39, 0.29) is 16.9 Å². The second kappa shape index (κ2) is 5.13. The molecule has 1 aliphatic heterocycles. The van der Waals surface area contributed by atoms with Crippen LogP contribution in [0.5, 0.6) is 0 Å². The van der Waals surface area contributed by atoms with Gasteiger partial charge in [0.25, 0.3) is 0 Å². The van der Waals surface area contributed by atoms with Gasteiger partial charge in [-0.1, -0.05) is 50.6 Å². The van der Waals surface area contributed by atoms with Crippen LogP contribution in [-0.2, 0) is 10.2 Å². The molecule has 2 N–H and O–H groups in total. The van der Waals surface area contributed by atoms with Crippen molar-refractivity contribution in [3.05, 3.63) is 35.9 Å². The Balaban J connectivity index is 1.84. The molecule has 0 radical (unpaired) electrons. The van der Waals surface area contributed by atoms with Gasteiger partial charge in [0.15, 0.2) is 0 Å². The zero-order valence-corrected chi connectivity index (χ0v) is 13.1. The minimum Gasteiger partial charge on any atom is -0.341 e. The van der Waals surface area contributed by atoms with Gasteiger partial charge < -0.3 is 10.6 Å². The van der Waals surface area contributed by atoms with E-state index in [4.69, 9.17) is 5.73 Å². The molecule has 0 aromatic heterocycles. The van der Waals surface area contributed by atoms with E-state index >= 15 is 0 Å². The van der Waals surface area contributed by atoms with Gasteiger partial charge in [0.05, 0.1) is 5.41 Å². The van der Waals surface area contributed by atoms with Crippen LogP contribution >= 0.6 is 0 Å². The summed E-state index contributed by atoms with van der Waals surface area (Å²) in [6.07, 6.45) is 4.03. The molecule has 3 heteroatoms. The first-order valence-electron chi connectivity index (χ1n) is 8.06. The smallest absolute Gasteiger partial charge is 0.233 e. The molecular weight excluding hydrogens is 260 g/mol. The maximum absolute atomic E-state index is 13.2. The minimum atomic E-state index is -0.265. The lowest BCUT2D eigenvalue weighted by Crippen LogP contribution is -2.59. The molecule has 1 atom stereocenters. The SMILES string of the molecule is CC1(C)CN(C(=O)C2(c3ccccc3)CCC2)CCC1N. The number of amides is 1. The minimum absolute atomic E-state index is 0.00946. The molecule has 0 spiro atoms. The second-order valence-corrected chi connectivity index (χ2v) is 7.41. The van der Waals surface area contributed by atoms with Crippen LogP contribution in [0.3, 0.4) is 0 Å². The Labute approximate surface area is 127 Å². The molecule has 1 heterocycles. The summed E-state index contributed by atoms with van der Waals surface area (Å²) in [6.45, 7) is 5.93. The van der Waals surface area contributed by atoms with Crippen molar-refractivity contribution in [2.24, 2.45) is 11.1 Å². The molecule has 1 aromatic rings. The van der Waals surface area contributed by atoms with Gasteiger partial charge >= 0.3 is 0 Å². The van der Waals surface area contributed by atoms with E-state index in [1.165, 1.54) is 5.56 Å². The molecule has 1 saturated carbocycles. The number of rotatable bonds is 2. The first kappa shape index (κ1) is 14.6. The number of likely N-dealkylation sites (tertiary alicyclic amines) is 1. The summed E-state index contributed by atoms with van der Waals surface area (Å²) in [5.41, 5.74) is 7.14. The van der Waals surface area contributed by atoms with Gasteiger partial charge in [0, 0.05) is 19.1 Å². The van der Waals surface area contributed by atoms with E-state index in [1.54, 1.807) is 0 Å². The summed E-state index contributed by atoms with van der Waals surface area (Å²) in [6, 6.07) is 10.5. The monoisotopic (exact) mass is 286 g/mol. The van der Waals surface area contributed by atoms with Crippen molar-refractivity contribution < 1.29 is 4.79 Å². The molecule has 2 aliphatic rings. The van der Waals surface area contributed by atoms with E-state index in [0.717, 1.165) is 38.8 Å². The van der Waals surface area contributed by atoms with Gasteiger partial charge in [0.2, 0.25) is 5.91 Å². The zero-order valence-electron chi connectivity index (χ0n) is 13.1. The number of benzene rings is 1. The summed E-state index contributed by atoms with van der Waals surface area (Å²) < 4.78 is 0. The highest BCUT2D eigenvalue weighted by atomic mass is 16.2.